The summed E-state index contributed by atoms with van der Waals surface area (Å²) in [6.07, 6.45) is 3.29. The van der Waals surface area contributed by atoms with Gasteiger partial charge in [0.15, 0.2) is 0 Å². The van der Waals surface area contributed by atoms with Crippen molar-refractivity contribution in [1.29, 1.82) is 0 Å². The molecule has 0 bridgehead atoms. The Bertz CT molecular complexity index is 549. The average molecular weight is 387 g/mol. The summed E-state index contributed by atoms with van der Waals surface area (Å²) >= 11 is 6.97. The standard InChI is InChI=1S/C13H13Br2N3O/c1-19-13-9(4-10(14)5-12(13)15)6-17-7-11-2-3-16-8-18-11/h2-5,8,17H,6-7H2,1H3. The summed E-state index contributed by atoms with van der Waals surface area (Å²) in [4.78, 5) is 8.06. The van der Waals surface area contributed by atoms with Gasteiger partial charge in [-0.15, -0.1) is 0 Å². The first-order valence-corrected chi connectivity index (χ1v) is 7.27. The van der Waals surface area contributed by atoms with Crippen LogP contribution in [0.4, 0.5) is 0 Å². The summed E-state index contributed by atoms with van der Waals surface area (Å²) < 4.78 is 7.35. The van der Waals surface area contributed by atoms with Gasteiger partial charge in [-0.05, 0) is 34.1 Å². The molecule has 0 aliphatic carbocycles. The molecule has 0 atom stereocenters. The van der Waals surface area contributed by atoms with Crippen LogP contribution in [0.2, 0.25) is 0 Å². The molecular formula is C13H13Br2N3O. The van der Waals surface area contributed by atoms with Gasteiger partial charge in [-0.25, -0.2) is 9.97 Å². The summed E-state index contributed by atoms with van der Waals surface area (Å²) in [5.74, 6) is 0.846. The fourth-order valence-electron chi connectivity index (χ4n) is 1.72. The van der Waals surface area contributed by atoms with Crippen LogP contribution < -0.4 is 10.1 Å². The largest absolute Gasteiger partial charge is 0.495 e. The quantitative estimate of drug-likeness (QED) is 0.856. The van der Waals surface area contributed by atoms with E-state index in [-0.39, 0.29) is 0 Å². The molecule has 2 aromatic rings. The minimum atomic E-state index is 0.690. The number of methoxy groups -OCH3 is 1. The van der Waals surface area contributed by atoms with Crippen molar-refractivity contribution in [3.63, 3.8) is 0 Å². The third kappa shape index (κ3) is 3.99. The van der Waals surface area contributed by atoms with Crippen molar-refractivity contribution >= 4 is 31.9 Å². The summed E-state index contributed by atoms with van der Waals surface area (Å²) in [5, 5.41) is 3.34. The summed E-state index contributed by atoms with van der Waals surface area (Å²) in [6, 6.07) is 5.89. The van der Waals surface area contributed by atoms with Gasteiger partial charge in [0.25, 0.3) is 0 Å². The minimum absolute atomic E-state index is 0.690. The van der Waals surface area contributed by atoms with Crippen LogP contribution in [-0.2, 0) is 13.1 Å². The van der Waals surface area contributed by atoms with E-state index in [4.69, 9.17) is 4.74 Å². The molecule has 1 aromatic carbocycles. The van der Waals surface area contributed by atoms with Crippen molar-refractivity contribution in [3.8, 4) is 5.75 Å². The van der Waals surface area contributed by atoms with Gasteiger partial charge in [-0.1, -0.05) is 15.9 Å². The molecule has 6 heteroatoms. The van der Waals surface area contributed by atoms with Gasteiger partial charge in [0, 0.05) is 29.3 Å². The van der Waals surface area contributed by atoms with Gasteiger partial charge < -0.3 is 10.1 Å². The van der Waals surface area contributed by atoms with Crippen molar-refractivity contribution in [2.24, 2.45) is 0 Å². The first-order valence-electron chi connectivity index (χ1n) is 5.68. The van der Waals surface area contributed by atoms with Crippen molar-refractivity contribution < 1.29 is 4.74 Å². The van der Waals surface area contributed by atoms with E-state index >= 15 is 0 Å². The third-order valence-electron chi connectivity index (χ3n) is 2.55. The summed E-state index contributed by atoms with van der Waals surface area (Å²) in [7, 11) is 1.67. The molecule has 0 aliphatic heterocycles. The highest BCUT2D eigenvalue weighted by Crippen LogP contribution is 2.32. The Hall–Kier alpha value is -0.980. The fourth-order valence-corrected chi connectivity index (χ4v) is 3.20. The van der Waals surface area contributed by atoms with E-state index in [0.29, 0.717) is 13.1 Å². The highest BCUT2D eigenvalue weighted by molar-refractivity contribution is 9.11. The molecule has 1 N–H and O–H groups in total. The van der Waals surface area contributed by atoms with Crippen LogP contribution in [0.1, 0.15) is 11.3 Å². The van der Waals surface area contributed by atoms with Crippen molar-refractivity contribution in [3.05, 3.63) is 50.9 Å². The van der Waals surface area contributed by atoms with Crippen LogP contribution in [0.5, 0.6) is 5.75 Å². The smallest absolute Gasteiger partial charge is 0.137 e. The number of nitrogens with zero attached hydrogens (tertiary/aromatic N) is 2. The molecule has 0 saturated heterocycles. The van der Waals surface area contributed by atoms with Crippen molar-refractivity contribution in [2.75, 3.05) is 7.11 Å². The number of halogens is 2. The fraction of sp³-hybridized carbons (Fsp3) is 0.231. The van der Waals surface area contributed by atoms with Crippen LogP contribution in [0, 0.1) is 0 Å². The number of ether oxygens (including phenoxy) is 1. The molecule has 0 fully saturated rings. The highest BCUT2D eigenvalue weighted by atomic mass is 79.9. The molecule has 1 aromatic heterocycles. The molecule has 2 rings (SSSR count). The first kappa shape index (κ1) is 14.4. The number of rotatable bonds is 5. The molecular weight excluding hydrogens is 374 g/mol. The minimum Gasteiger partial charge on any atom is -0.495 e. The van der Waals surface area contributed by atoms with Gasteiger partial charge >= 0.3 is 0 Å². The maximum Gasteiger partial charge on any atom is 0.137 e. The van der Waals surface area contributed by atoms with Crippen LogP contribution in [0.25, 0.3) is 0 Å². The highest BCUT2D eigenvalue weighted by Gasteiger charge is 2.08. The topological polar surface area (TPSA) is 47.0 Å². The average Bonchev–Trinajstić information content (AvgIpc) is 2.39. The van der Waals surface area contributed by atoms with E-state index < -0.39 is 0 Å². The van der Waals surface area contributed by atoms with E-state index in [1.54, 1.807) is 19.6 Å². The van der Waals surface area contributed by atoms with Gasteiger partial charge in [0.2, 0.25) is 0 Å². The maximum atomic E-state index is 5.40. The Morgan fingerprint density at radius 3 is 2.79 bits per heavy atom. The zero-order chi connectivity index (χ0) is 13.7. The molecule has 0 saturated carbocycles. The van der Waals surface area contributed by atoms with Crippen molar-refractivity contribution in [1.82, 2.24) is 15.3 Å². The monoisotopic (exact) mass is 385 g/mol. The van der Waals surface area contributed by atoms with Crippen LogP contribution in [0.15, 0.2) is 39.7 Å². The van der Waals surface area contributed by atoms with Crippen LogP contribution in [0.3, 0.4) is 0 Å². The zero-order valence-corrected chi connectivity index (χ0v) is 13.5. The second-order valence-corrected chi connectivity index (χ2v) is 5.65. The molecule has 0 aliphatic rings. The number of hydrogen-bond donors (Lipinski definition) is 1. The van der Waals surface area contributed by atoms with Gasteiger partial charge in [0.1, 0.15) is 12.1 Å². The Labute approximate surface area is 128 Å². The second-order valence-electron chi connectivity index (χ2n) is 3.88. The van der Waals surface area contributed by atoms with E-state index in [0.717, 1.165) is 26.0 Å². The van der Waals surface area contributed by atoms with E-state index in [9.17, 15) is 0 Å². The van der Waals surface area contributed by atoms with Crippen LogP contribution in [-0.4, -0.2) is 17.1 Å². The molecule has 0 spiro atoms. The molecule has 100 valence electrons. The maximum absolute atomic E-state index is 5.40. The lowest BCUT2D eigenvalue weighted by Gasteiger charge is -2.12. The predicted molar refractivity (Wildman–Crippen MR) is 81.0 cm³/mol. The summed E-state index contributed by atoms with van der Waals surface area (Å²) in [6.45, 7) is 1.39. The predicted octanol–water partition coefficient (Wildman–Crippen LogP) is 3.30. The molecule has 4 nitrogen and oxygen atoms in total. The second kappa shape index (κ2) is 6.98. The normalized spacial score (nSPS) is 10.5. The third-order valence-corrected chi connectivity index (χ3v) is 3.60. The van der Waals surface area contributed by atoms with Crippen LogP contribution >= 0.6 is 31.9 Å². The number of hydrogen-bond acceptors (Lipinski definition) is 4. The van der Waals surface area contributed by atoms with E-state index in [1.807, 2.05) is 18.2 Å². The lowest BCUT2D eigenvalue weighted by molar-refractivity contribution is 0.405. The lowest BCUT2D eigenvalue weighted by atomic mass is 10.2. The Morgan fingerprint density at radius 1 is 1.26 bits per heavy atom. The zero-order valence-electron chi connectivity index (χ0n) is 10.4. The first-order chi connectivity index (χ1) is 9.20. The molecule has 0 radical (unpaired) electrons. The summed E-state index contributed by atoms with van der Waals surface area (Å²) in [5.41, 5.74) is 2.04. The van der Waals surface area contributed by atoms with Gasteiger partial charge in [-0.2, -0.15) is 0 Å². The molecule has 0 unspecified atom stereocenters. The number of nitrogens with one attached hydrogen (secondary N) is 1. The Morgan fingerprint density at radius 2 is 2.11 bits per heavy atom. The van der Waals surface area contributed by atoms with Gasteiger partial charge in [0.05, 0.1) is 17.3 Å². The SMILES string of the molecule is COc1c(Br)cc(Br)cc1CNCc1ccncn1. The Kier molecular flexibility index (Phi) is 5.30. The lowest BCUT2D eigenvalue weighted by Crippen LogP contribution is -2.14. The molecule has 1 heterocycles. The number of aromatic nitrogens is 2. The Balaban J connectivity index is 2.03. The molecule has 0 amide bonds. The number of benzene rings is 1. The van der Waals surface area contributed by atoms with Gasteiger partial charge in [-0.3, -0.25) is 0 Å². The molecule has 19 heavy (non-hydrogen) atoms. The van der Waals surface area contributed by atoms with E-state index in [2.05, 4.69) is 47.1 Å². The van der Waals surface area contributed by atoms with E-state index in [1.165, 1.54) is 0 Å². The van der Waals surface area contributed by atoms with Crippen molar-refractivity contribution in [2.45, 2.75) is 13.1 Å².